The van der Waals surface area contributed by atoms with E-state index in [0.29, 0.717) is 11.5 Å². The molecule has 1 aromatic carbocycles. The topological polar surface area (TPSA) is 99.0 Å². The van der Waals surface area contributed by atoms with Crippen molar-refractivity contribution in [2.75, 3.05) is 11.1 Å². The van der Waals surface area contributed by atoms with Crippen molar-refractivity contribution in [3.05, 3.63) is 30.3 Å². The standard InChI is InChI=1S/C11H13N5O/c1-16-10(12)6-9(15-16)7-3-2-4-8(5-7)14-11(13)17/h2-6H,12H2,1H3,(H3,13,14,17). The first-order valence-corrected chi connectivity index (χ1v) is 5.02. The Morgan fingerprint density at radius 2 is 2.18 bits per heavy atom. The van der Waals surface area contributed by atoms with E-state index in [0.717, 1.165) is 11.3 Å². The molecule has 0 aliphatic heterocycles. The van der Waals surface area contributed by atoms with Crippen molar-refractivity contribution in [3.8, 4) is 11.3 Å². The summed E-state index contributed by atoms with van der Waals surface area (Å²) in [6.07, 6.45) is 0. The van der Waals surface area contributed by atoms with E-state index in [2.05, 4.69) is 10.4 Å². The van der Waals surface area contributed by atoms with E-state index in [1.807, 2.05) is 12.1 Å². The minimum atomic E-state index is -0.595. The maximum absolute atomic E-state index is 10.7. The molecule has 17 heavy (non-hydrogen) atoms. The zero-order valence-corrected chi connectivity index (χ0v) is 9.34. The Hall–Kier alpha value is -2.50. The molecule has 0 atom stereocenters. The molecule has 2 aromatic rings. The number of hydrogen-bond donors (Lipinski definition) is 3. The Balaban J connectivity index is 2.35. The second-order valence-electron chi connectivity index (χ2n) is 3.65. The van der Waals surface area contributed by atoms with Gasteiger partial charge in [-0.1, -0.05) is 12.1 Å². The van der Waals surface area contributed by atoms with Gasteiger partial charge in [0, 0.05) is 24.4 Å². The maximum atomic E-state index is 10.7. The highest BCUT2D eigenvalue weighted by molar-refractivity contribution is 5.88. The number of rotatable bonds is 2. The van der Waals surface area contributed by atoms with Crippen LogP contribution in [0.4, 0.5) is 16.3 Å². The monoisotopic (exact) mass is 231 g/mol. The smallest absolute Gasteiger partial charge is 0.316 e. The SMILES string of the molecule is Cn1nc(-c2cccc(NC(N)=O)c2)cc1N. The van der Waals surface area contributed by atoms with Gasteiger partial charge in [-0.3, -0.25) is 4.68 Å². The van der Waals surface area contributed by atoms with Crippen molar-refractivity contribution >= 4 is 17.5 Å². The van der Waals surface area contributed by atoms with Crippen molar-refractivity contribution < 1.29 is 4.79 Å². The molecule has 5 N–H and O–H groups in total. The molecule has 1 heterocycles. The highest BCUT2D eigenvalue weighted by Crippen LogP contribution is 2.22. The van der Waals surface area contributed by atoms with Crippen LogP contribution < -0.4 is 16.8 Å². The molecule has 0 fully saturated rings. The lowest BCUT2D eigenvalue weighted by atomic mass is 10.1. The molecule has 1 aromatic heterocycles. The first-order valence-electron chi connectivity index (χ1n) is 5.02. The van der Waals surface area contributed by atoms with Crippen LogP contribution in [-0.4, -0.2) is 15.8 Å². The lowest BCUT2D eigenvalue weighted by Gasteiger charge is -2.03. The van der Waals surface area contributed by atoms with Gasteiger partial charge in [0.15, 0.2) is 0 Å². The van der Waals surface area contributed by atoms with Crippen LogP contribution in [0.1, 0.15) is 0 Å². The van der Waals surface area contributed by atoms with E-state index in [1.165, 1.54) is 0 Å². The summed E-state index contributed by atoms with van der Waals surface area (Å²) < 4.78 is 1.59. The Morgan fingerprint density at radius 1 is 1.41 bits per heavy atom. The van der Waals surface area contributed by atoms with Crippen molar-refractivity contribution in [2.24, 2.45) is 12.8 Å². The molecule has 6 heteroatoms. The third-order valence-electron chi connectivity index (χ3n) is 2.34. The van der Waals surface area contributed by atoms with E-state index in [4.69, 9.17) is 11.5 Å². The lowest BCUT2D eigenvalue weighted by molar-refractivity contribution is 0.259. The number of nitrogen functional groups attached to an aromatic ring is 1. The number of carbonyl (C=O) groups excluding carboxylic acids is 1. The molecule has 0 radical (unpaired) electrons. The number of anilines is 2. The number of amides is 2. The zero-order chi connectivity index (χ0) is 12.4. The van der Waals surface area contributed by atoms with Crippen LogP contribution in [0.5, 0.6) is 0 Å². The predicted octanol–water partition coefficient (Wildman–Crippen LogP) is 1.16. The molecule has 0 aliphatic rings. The number of nitrogens with two attached hydrogens (primary N) is 2. The summed E-state index contributed by atoms with van der Waals surface area (Å²) in [7, 11) is 1.77. The molecule has 2 amide bonds. The van der Waals surface area contributed by atoms with E-state index in [1.54, 1.807) is 29.9 Å². The highest BCUT2D eigenvalue weighted by Gasteiger charge is 2.05. The predicted molar refractivity (Wildman–Crippen MR) is 66.3 cm³/mol. The van der Waals surface area contributed by atoms with Gasteiger partial charge in [-0.05, 0) is 12.1 Å². The maximum Gasteiger partial charge on any atom is 0.316 e. The van der Waals surface area contributed by atoms with Crippen LogP contribution >= 0.6 is 0 Å². The third-order valence-corrected chi connectivity index (χ3v) is 2.34. The quantitative estimate of drug-likeness (QED) is 0.723. The summed E-state index contributed by atoms with van der Waals surface area (Å²) in [5, 5.41) is 6.76. The first-order chi connectivity index (χ1) is 8.06. The highest BCUT2D eigenvalue weighted by atomic mass is 16.2. The molecular formula is C11H13N5O. The molecule has 0 bridgehead atoms. The largest absolute Gasteiger partial charge is 0.384 e. The molecule has 6 nitrogen and oxygen atoms in total. The average Bonchev–Trinajstić information content (AvgIpc) is 2.59. The molecule has 0 saturated heterocycles. The Bertz CT molecular complexity index is 541. The number of benzene rings is 1. The Kier molecular flexibility index (Phi) is 2.70. The number of aryl methyl sites for hydroxylation is 1. The van der Waals surface area contributed by atoms with Gasteiger partial charge in [0.1, 0.15) is 5.82 Å². The van der Waals surface area contributed by atoms with Crippen molar-refractivity contribution in [1.29, 1.82) is 0 Å². The van der Waals surface area contributed by atoms with E-state index in [-0.39, 0.29) is 0 Å². The fraction of sp³-hybridized carbons (Fsp3) is 0.0909. The lowest BCUT2D eigenvalue weighted by Crippen LogP contribution is -2.19. The first kappa shape index (κ1) is 11.0. The van der Waals surface area contributed by atoms with Crippen LogP contribution in [-0.2, 0) is 7.05 Å². The van der Waals surface area contributed by atoms with Crippen molar-refractivity contribution in [2.45, 2.75) is 0 Å². The summed E-state index contributed by atoms with van der Waals surface area (Å²) in [5.41, 5.74) is 13.0. The van der Waals surface area contributed by atoms with Gasteiger partial charge in [0.25, 0.3) is 0 Å². The van der Waals surface area contributed by atoms with Crippen LogP contribution in [0.2, 0.25) is 0 Å². The number of nitrogens with zero attached hydrogens (tertiary/aromatic N) is 2. The van der Waals surface area contributed by atoms with Gasteiger partial charge in [-0.2, -0.15) is 5.10 Å². The van der Waals surface area contributed by atoms with Gasteiger partial charge >= 0.3 is 6.03 Å². The molecule has 0 saturated carbocycles. The molecule has 0 aliphatic carbocycles. The third kappa shape index (κ3) is 2.36. The minimum absolute atomic E-state index is 0.577. The Morgan fingerprint density at radius 3 is 2.76 bits per heavy atom. The molecule has 0 unspecified atom stereocenters. The Labute approximate surface area is 98.2 Å². The normalized spacial score (nSPS) is 10.2. The molecule has 2 rings (SSSR count). The van der Waals surface area contributed by atoms with Crippen molar-refractivity contribution in [3.63, 3.8) is 0 Å². The van der Waals surface area contributed by atoms with E-state index < -0.39 is 6.03 Å². The number of nitrogens with one attached hydrogen (secondary N) is 1. The van der Waals surface area contributed by atoms with Crippen molar-refractivity contribution in [1.82, 2.24) is 9.78 Å². The fourth-order valence-corrected chi connectivity index (χ4v) is 1.52. The van der Waals surface area contributed by atoms with E-state index >= 15 is 0 Å². The summed E-state index contributed by atoms with van der Waals surface area (Å²) in [6.45, 7) is 0. The van der Waals surface area contributed by atoms with Gasteiger partial charge in [0.2, 0.25) is 0 Å². The van der Waals surface area contributed by atoms with Gasteiger partial charge < -0.3 is 16.8 Å². The minimum Gasteiger partial charge on any atom is -0.384 e. The molecule has 88 valence electrons. The number of aromatic nitrogens is 2. The van der Waals surface area contributed by atoms with Gasteiger partial charge in [-0.25, -0.2) is 4.79 Å². The second-order valence-corrected chi connectivity index (χ2v) is 3.65. The summed E-state index contributed by atoms with van der Waals surface area (Å²) in [4.78, 5) is 10.7. The van der Waals surface area contributed by atoms with E-state index in [9.17, 15) is 4.79 Å². The fourth-order valence-electron chi connectivity index (χ4n) is 1.52. The number of hydrogen-bond acceptors (Lipinski definition) is 3. The van der Waals surface area contributed by atoms with Crippen LogP contribution in [0.15, 0.2) is 30.3 Å². The summed E-state index contributed by atoms with van der Waals surface area (Å²) in [6, 6.07) is 8.40. The summed E-state index contributed by atoms with van der Waals surface area (Å²) >= 11 is 0. The molecular weight excluding hydrogens is 218 g/mol. The van der Waals surface area contributed by atoms with Gasteiger partial charge in [-0.15, -0.1) is 0 Å². The average molecular weight is 231 g/mol. The summed E-state index contributed by atoms with van der Waals surface area (Å²) in [5.74, 6) is 0.577. The number of urea groups is 1. The van der Waals surface area contributed by atoms with Crippen LogP contribution in [0.25, 0.3) is 11.3 Å². The van der Waals surface area contributed by atoms with Crippen LogP contribution in [0, 0.1) is 0 Å². The zero-order valence-electron chi connectivity index (χ0n) is 9.34. The van der Waals surface area contributed by atoms with Gasteiger partial charge in [0.05, 0.1) is 5.69 Å². The number of primary amides is 1. The number of carbonyl (C=O) groups is 1. The second kappa shape index (κ2) is 4.17. The molecule has 0 spiro atoms. The van der Waals surface area contributed by atoms with Crippen LogP contribution in [0.3, 0.4) is 0 Å².